The Labute approximate surface area is 334 Å². The van der Waals surface area contributed by atoms with Crippen LogP contribution in [0.5, 0.6) is 0 Å². The lowest BCUT2D eigenvalue weighted by Gasteiger charge is -2.31. The van der Waals surface area contributed by atoms with Gasteiger partial charge in [0, 0.05) is 13.1 Å². The van der Waals surface area contributed by atoms with Gasteiger partial charge in [0.15, 0.2) is 5.96 Å². The van der Waals surface area contributed by atoms with Gasteiger partial charge in [-0.2, -0.15) is 0 Å². The molecule has 0 aromatic carbocycles. The number of carboxylic acids is 1. The van der Waals surface area contributed by atoms with Crippen LogP contribution in [0.25, 0.3) is 0 Å². The molecule has 16 N–H and O–H groups in total. The van der Waals surface area contributed by atoms with Crippen LogP contribution in [0.1, 0.15) is 92.4 Å². The van der Waals surface area contributed by atoms with Gasteiger partial charge in [0.25, 0.3) is 0 Å². The predicted molar refractivity (Wildman–Crippen MR) is 210 cm³/mol. The average Bonchev–Trinajstić information content (AvgIpc) is 3.64. The number of aliphatic hydroxyl groups excluding tert-OH is 2. The van der Waals surface area contributed by atoms with E-state index in [0.29, 0.717) is 38.6 Å². The quantitative estimate of drug-likeness (QED) is 0.0229. The molecule has 0 unspecified atom stereocenters. The molecule has 0 bridgehead atoms. The van der Waals surface area contributed by atoms with Crippen LogP contribution in [-0.2, 0) is 33.6 Å². The van der Waals surface area contributed by atoms with Gasteiger partial charge in [0.1, 0.15) is 36.3 Å². The number of carboxylic acid groups (broad SMARTS) is 1. The number of rotatable bonds is 26. The van der Waals surface area contributed by atoms with Gasteiger partial charge in [0.2, 0.25) is 35.4 Å². The Bertz CT molecular complexity index is 1380. The minimum Gasteiger partial charge on any atom is -0.480 e. The molecule has 0 radical (unpaired) electrons. The first kappa shape index (κ1) is 50.4. The third-order valence-corrected chi connectivity index (χ3v) is 9.70. The average molecular weight is 814 g/mol. The number of nitrogens with two attached hydrogens (primary N) is 4. The van der Waals surface area contributed by atoms with Gasteiger partial charge in [-0.05, 0) is 76.7 Å². The molecule has 1 saturated heterocycles. The Morgan fingerprint density at radius 2 is 1.42 bits per heavy atom. The van der Waals surface area contributed by atoms with Crippen molar-refractivity contribution >= 4 is 47.4 Å². The maximum atomic E-state index is 13.8. The molecule has 1 heterocycles. The second-order valence-corrected chi connectivity index (χ2v) is 15.0. The summed E-state index contributed by atoms with van der Waals surface area (Å²) in [6, 6.07) is -8.80. The standard InChI is InChI=1S/C36H67N11O10/c1-6-20(4)27(35(56)57)45-30(51)23(12-7-8-14-37)42-31(52)25(18-48)44-33(54)28(21(5)49)46-32(53)26-13-10-16-47(26)34(55)24(17-19(2)3)43-29(50)22(38)11-9-15-41-36(39)40/h19-28,48-49H,6-18,37-38H2,1-5H3,(H,42,52)(H,43,50)(H,44,54)(H,45,51)(H,46,53)(H,56,57)(H4,39,40,41)/t20-,21+,22-,23-,24-,25-,26-,27-,28-/m0/s1. The fourth-order valence-electron chi connectivity index (χ4n) is 6.21. The lowest BCUT2D eigenvalue weighted by atomic mass is 9.98. The summed E-state index contributed by atoms with van der Waals surface area (Å²) >= 11 is 0. The van der Waals surface area contributed by atoms with E-state index in [-0.39, 0.29) is 50.7 Å². The van der Waals surface area contributed by atoms with E-state index in [4.69, 9.17) is 22.9 Å². The number of carbonyl (C=O) groups excluding carboxylic acids is 6. The number of aliphatic hydroxyl groups is 2. The van der Waals surface area contributed by atoms with E-state index in [1.807, 2.05) is 13.8 Å². The summed E-state index contributed by atoms with van der Waals surface area (Å²) in [5.74, 6) is -6.47. The number of amides is 6. The summed E-state index contributed by atoms with van der Waals surface area (Å²) in [6.45, 7) is 8.17. The van der Waals surface area contributed by atoms with Crippen LogP contribution >= 0.6 is 0 Å². The van der Waals surface area contributed by atoms with Crippen LogP contribution in [0.2, 0.25) is 0 Å². The summed E-state index contributed by atoms with van der Waals surface area (Å²) in [5.41, 5.74) is 22.3. The molecular formula is C36H67N11O10. The van der Waals surface area contributed by atoms with Crippen LogP contribution < -0.4 is 49.5 Å². The highest BCUT2D eigenvalue weighted by atomic mass is 16.4. The third-order valence-electron chi connectivity index (χ3n) is 9.70. The SMILES string of the molecule is CC[C@H](C)[C@H](NC(=O)[C@H](CCCCN)NC(=O)[C@H](CO)NC(=O)[C@@H](NC(=O)[C@@H]1CCCN1C(=O)[C@H](CC(C)C)NC(=O)[C@@H](N)CCCN=C(N)N)[C@@H](C)O)C(=O)O. The number of carbonyl (C=O) groups is 7. The molecule has 0 aromatic rings. The van der Waals surface area contributed by atoms with Gasteiger partial charge in [-0.15, -0.1) is 0 Å². The lowest BCUT2D eigenvalue weighted by molar-refractivity contribution is -0.144. The second kappa shape index (κ2) is 25.6. The molecule has 1 aliphatic rings. The topological polar surface area (TPSA) is 360 Å². The highest BCUT2D eigenvalue weighted by molar-refractivity contribution is 5.97. The summed E-state index contributed by atoms with van der Waals surface area (Å²) < 4.78 is 0. The van der Waals surface area contributed by atoms with Crippen molar-refractivity contribution in [2.75, 3.05) is 26.2 Å². The highest BCUT2D eigenvalue weighted by Gasteiger charge is 2.40. The van der Waals surface area contributed by atoms with Gasteiger partial charge in [-0.25, -0.2) is 4.79 Å². The van der Waals surface area contributed by atoms with Crippen molar-refractivity contribution in [1.29, 1.82) is 0 Å². The minimum absolute atomic E-state index is 0.0331. The number of aliphatic carboxylic acids is 1. The Balaban J connectivity index is 3.10. The predicted octanol–water partition coefficient (Wildman–Crippen LogP) is -3.54. The van der Waals surface area contributed by atoms with Crippen molar-refractivity contribution < 1.29 is 48.9 Å². The zero-order valence-corrected chi connectivity index (χ0v) is 33.9. The van der Waals surface area contributed by atoms with E-state index < -0.39 is 102 Å². The van der Waals surface area contributed by atoms with Gasteiger partial charge in [-0.1, -0.05) is 34.1 Å². The highest BCUT2D eigenvalue weighted by Crippen LogP contribution is 2.21. The molecule has 1 aliphatic heterocycles. The third kappa shape index (κ3) is 17.2. The number of nitrogens with one attached hydrogen (secondary N) is 5. The summed E-state index contributed by atoms with van der Waals surface area (Å²) in [6.07, 6.45) is 1.47. The Hall–Kier alpha value is -4.60. The molecule has 0 aliphatic carbocycles. The summed E-state index contributed by atoms with van der Waals surface area (Å²) in [4.78, 5) is 97.4. The minimum atomic E-state index is -1.65. The van der Waals surface area contributed by atoms with Crippen molar-refractivity contribution in [2.24, 2.45) is 39.8 Å². The van der Waals surface area contributed by atoms with Crippen LogP contribution in [0.3, 0.4) is 0 Å². The zero-order valence-electron chi connectivity index (χ0n) is 33.9. The first-order valence-corrected chi connectivity index (χ1v) is 19.6. The van der Waals surface area contributed by atoms with Crippen molar-refractivity contribution in [3.8, 4) is 0 Å². The molecule has 21 heteroatoms. The first-order chi connectivity index (χ1) is 26.8. The van der Waals surface area contributed by atoms with E-state index >= 15 is 0 Å². The Kier molecular flexibility index (Phi) is 22.7. The lowest BCUT2D eigenvalue weighted by Crippen LogP contribution is -2.62. The first-order valence-electron chi connectivity index (χ1n) is 19.6. The number of aliphatic imine (C=N–C) groups is 1. The number of hydrogen-bond acceptors (Lipinski definition) is 12. The van der Waals surface area contributed by atoms with E-state index in [0.717, 1.165) is 0 Å². The number of likely N-dealkylation sites (tertiary alicyclic amines) is 1. The van der Waals surface area contributed by atoms with Crippen LogP contribution in [0.4, 0.5) is 0 Å². The molecule has 326 valence electrons. The number of unbranched alkanes of at least 4 members (excludes halogenated alkanes) is 1. The van der Waals surface area contributed by atoms with Crippen molar-refractivity contribution in [1.82, 2.24) is 31.5 Å². The van der Waals surface area contributed by atoms with E-state index in [2.05, 4.69) is 31.6 Å². The molecule has 0 aromatic heterocycles. The van der Waals surface area contributed by atoms with Crippen molar-refractivity contribution in [3.05, 3.63) is 0 Å². The molecule has 1 rings (SSSR count). The maximum absolute atomic E-state index is 13.8. The molecule has 21 nitrogen and oxygen atoms in total. The van der Waals surface area contributed by atoms with E-state index in [1.165, 1.54) is 11.8 Å². The fraction of sp³-hybridized carbons (Fsp3) is 0.778. The fourth-order valence-corrected chi connectivity index (χ4v) is 6.21. The monoisotopic (exact) mass is 814 g/mol. The zero-order chi connectivity index (χ0) is 43.4. The smallest absolute Gasteiger partial charge is 0.326 e. The molecule has 1 fully saturated rings. The molecule has 9 atom stereocenters. The number of hydrogen-bond donors (Lipinski definition) is 12. The maximum Gasteiger partial charge on any atom is 0.326 e. The molecular weight excluding hydrogens is 746 g/mol. The van der Waals surface area contributed by atoms with E-state index in [1.54, 1.807) is 13.8 Å². The van der Waals surface area contributed by atoms with Gasteiger partial charge in [-0.3, -0.25) is 33.8 Å². The molecule has 6 amide bonds. The van der Waals surface area contributed by atoms with Crippen LogP contribution in [0, 0.1) is 11.8 Å². The van der Waals surface area contributed by atoms with Crippen molar-refractivity contribution in [2.45, 2.75) is 141 Å². The largest absolute Gasteiger partial charge is 0.480 e. The Morgan fingerprint density at radius 3 is 1.96 bits per heavy atom. The van der Waals surface area contributed by atoms with Gasteiger partial charge >= 0.3 is 5.97 Å². The second-order valence-electron chi connectivity index (χ2n) is 15.0. The normalized spacial score (nSPS) is 18.1. The van der Waals surface area contributed by atoms with Gasteiger partial charge < -0.3 is 69.7 Å². The molecule has 57 heavy (non-hydrogen) atoms. The Morgan fingerprint density at radius 1 is 0.807 bits per heavy atom. The van der Waals surface area contributed by atoms with E-state index in [9.17, 15) is 48.9 Å². The molecule has 0 spiro atoms. The van der Waals surface area contributed by atoms with Crippen molar-refractivity contribution in [3.63, 3.8) is 0 Å². The summed E-state index contributed by atoms with van der Waals surface area (Å²) in [5, 5.41) is 42.6. The number of guanidine groups is 1. The van der Waals surface area contributed by atoms with Crippen LogP contribution in [0.15, 0.2) is 4.99 Å². The van der Waals surface area contributed by atoms with Gasteiger partial charge in [0.05, 0.1) is 18.8 Å². The number of nitrogens with zero attached hydrogens (tertiary/aromatic N) is 2. The molecule has 0 saturated carbocycles. The summed E-state index contributed by atoms with van der Waals surface area (Å²) in [7, 11) is 0. The van der Waals surface area contributed by atoms with Crippen LogP contribution in [-0.4, -0.2) is 142 Å².